The third-order valence-electron chi connectivity index (χ3n) is 3.40. The van der Waals surface area contributed by atoms with Gasteiger partial charge in [-0.3, -0.25) is 4.79 Å². The van der Waals surface area contributed by atoms with Crippen molar-refractivity contribution in [2.45, 2.75) is 0 Å². The lowest BCUT2D eigenvalue weighted by Gasteiger charge is -2.05. The van der Waals surface area contributed by atoms with E-state index in [1.165, 1.54) is 0 Å². The highest BCUT2D eigenvalue weighted by molar-refractivity contribution is 6.09. The molecule has 102 valence electrons. The maximum absolute atomic E-state index is 12.4. The molecule has 0 bridgehead atoms. The van der Waals surface area contributed by atoms with E-state index in [4.69, 9.17) is 5.73 Å². The van der Waals surface area contributed by atoms with Crippen LogP contribution in [0.25, 0.3) is 11.1 Å². The largest absolute Gasteiger partial charge is 0.399 e. The van der Waals surface area contributed by atoms with Gasteiger partial charge in [0.15, 0.2) is 5.78 Å². The standard InChI is InChI=1S/C19H15NO/c20-18-8-4-7-17(13-18)19(21)16-11-9-15(10-12-16)14-5-2-1-3-6-14/h1-13H,20H2. The lowest BCUT2D eigenvalue weighted by molar-refractivity contribution is 0.103. The van der Waals surface area contributed by atoms with Crippen LogP contribution in [0.4, 0.5) is 5.69 Å². The van der Waals surface area contributed by atoms with Gasteiger partial charge in [-0.05, 0) is 23.3 Å². The van der Waals surface area contributed by atoms with Crippen molar-refractivity contribution in [2.24, 2.45) is 0 Å². The Kier molecular flexibility index (Phi) is 3.52. The van der Waals surface area contributed by atoms with Gasteiger partial charge in [-0.25, -0.2) is 0 Å². The summed E-state index contributed by atoms with van der Waals surface area (Å²) in [7, 11) is 0. The maximum Gasteiger partial charge on any atom is 0.193 e. The summed E-state index contributed by atoms with van der Waals surface area (Å²) in [6.07, 6.45) is 0. The summed E-state index contributed by atoms with van der Waals surface area (Å²) in [6, 6.07) is 24.8. The summed E-state index contributed by atoms with van der Waals surface area (Å²) in [5, 5.41) is 0. The molecule has 3 aromatic rings. The molecular weight excluding hydrogens is 258 g/mol. The van der Waals surface area contributed by atoms with Crippen LogP contribution < -0.4 is 5.73 Å². The van der Waals surface area contributed by atoms with Crippen molar-refractivity contribution >= 4 is 11.5 Å². The smallest absolute Gasteiger partial charge is 0.193 e. The summed E-state index contributed by atoms with van der Waals surface area (Å²) < 4.78 is 0. The van der Waals surface area contributed by atoms with E-state index in [0.29, 0.717) is 16.8 Å². The second kappa shape index (κ2) is 5.63. The fraction of sp³-hybridized carbons (Fsp3) is 0. The number of ketones is 1. The Labute approximate surface area is 123 Å². The topological polar surface area (TPSA) is 43.1 Å². The Morgan fingerprint density at radius 3 is 2.00 bits per heavy atom. The van der Waals surface area contributed by atoms with Gasteiger partial charge in [0.2, 0.25) is 0 Å². The van der Waals surface area contributed by atoms with Gasteiger partial charge in [-0.1, -0.05) is 66.7 Å². The SMILES string of the molecule is Nc1cccc(C(=O)c2ccc(-c3ccccc3)cc2)c1. The van der Waals surface area contributed by atoms with Gasteiger partial charge in [0.1, 0.15) is 0 Å². The van der Waals surface area contributed by atoms with Crippen molar-refractivity contribution in [1.82, 2.24) is 0 Å². The van der Waals surface area contributed by atoms with Crippen LogP contribution in [0.3, 0.4) is 0 Å². The zero-order chi connectivity index (χ0) is 14.7. The minimum absolute atomic E-state index is 0.0121. The average Bonchev–Trinajstić information content (AvgIpc) is 2.55. The normalized spacial score (nSPS) is 10.3. The second-order valence-corrected chi connectivity index (χ2v) is 4.90. The highest BCUT2D eigenvalue weighted by Crippen LogP contribution is 2.20. The van der Waals surface area contributed by atoms with Crippen LogP contribution in [0.5, 0.6) is 0 Å². The van der Waals surface area contributed by atoms with Gasteiger partial charge in [0.25, 0.3) is 0 Å². The molecule has 0 saturated carbocycles. The minimum Gasteiger partial charge on any atom is -0.399 e. The molecule has 0 aromatic heterocycles. The second-order valence-electron chi connectivity index (χ2n) is 4.90. The van der Waals surface area contributed by atoms with Gasteiger partial charge in [0, 0.05) is 16.8 Å². The number of carbonyl (C=O) groups is 1. The highest BCUT2D eigenvalue weighted by atomic mass is 16.1. The van der Waals surface area contributed by atoms with Crippen LogP contribution in [-0.4, -0.2) is 5.78 Å². The third-order valence-corrected chi connectivity index (χ3v) is 3.40. The Morgan fingerprint density at radius 1 is 0.667 bits per heavy atom. The van der Waals surface area contributed by atoms with Crippen LogP contribution in [0.15, 0.2) is 78.9 Å². The Balaban J connectivity index is 1.89. The van der Waals surface area contributed by atoms with Crippen LogP contribution in [0.1, 0.15) is 15.9 Å². The summed E-state index contributed by atoms with van der Waals surface area (Å²) >= 11 is 0. The fourth-order valence-corrected chi connectivity index (χ4v) is 2.29. The molecule has 0 saturated heterocycles. The molecule has 0 aliphatic carbocycles. The van der Waals surface area contributed by atoms with E-state index in [2.05, 4.69) is 12.1 Å². The molecule has 0 heterocycles. The zero-order valence-electron chi connectivity index (χ0n) is 11.5. The molecule has 0 fully saturated rings. The van der Waals surface area contributed by atoms with Gasteiger partial charge in [0.05, 0.1) is 0 Å². The molecule has 0 spiro atoms. The number of nitrogen functional groups attached to an aromatic ring is 1. The van der Waals surface area contributed by atoms with Crippen LogP contribution >= 0.6 is 0 Å². The number of nitrogens with two attached hydrogens (primary N) is 1. The first-order chi connectivity index (χ1) is 10.2. The molecule has 0 radical (unpaired) electrons. The lowest BCUT2D eigenvalue weighted by Crippen LogP contribution is -2.01. The Bertz CT molecular complexity index is 761. The van der Waals surface area contributed by atoms with Crippen LogP contribution in [0, 0.1) is 0 Å². The molecule has 3 aromatic carbocycles. The molecule has 21 heavy (non-hydrogen) atoms. The predicted octanol–water partition coefficient (Wildman–Crippen LogP) is 4.17. The molecule has 0 amide bonds. The summed E-state index contributed by atoms with van der Waals surface area (Å²) in [5.41, 5.74) is 9.84. The van der Waals surface area contributed by atoms with E-state index in [-0.39, 0.29) is 5.78 Å². The number of benzene rings is 3. The number of anilines is 1. The van der Waals surface area contributed by atoms with Gasteiger partial charge in [-0.2, -0.15) is 0 Å². The first kappa shape index (κ1) is 13.1. The van der Waals surface area contributed by atoms with Crippen molar-refractivity contribution in [2.75, 3.05) is 5.73 Å². The first-order valence-corrected chi connectivity index (χ1v) is 6.80. The molecule has 0 aliphatic rings. The first-order valence-electron chi connectivity index (χ1n) is 6.80. The Morgan fingerprint density at radius 2 is 1.33 bits per heavy atom. The molecule has 0 aliphatic heterocycles. The number of rotatable bonds is 3. The average molecular weight is 273 g/mol. The van der Waals surface area contributed by atoms with Gasteiger partial charge < -0.3 is 5.73 Å². The fourth-order valence-electron chi connectivity index (χ4n) is 2.29. The van der Waals surface area contributed by atoms with E-state index < -0.39 is 0 Å². The summed E-state index contributed by atoms with van der Waals surface area (Å²) in [4.78, 5) is 12.4. The number of hydrogen-bond acceptors (Lipinski definition) is 2. The molecule has 3 rings (SSSR count). The lowest BCUT2D eigenvalue weighted by atomic mass is 9.99. The van der Waals surface area contributed by atoms with E-state index in [9.17, 15) is 4.79 Å². The zero-order valence-corrected chi connectivity index (χ0v) is 11.5. The summed E-state index contributed by atoms with van der Waals surface area (Å²) in [5.74, 6) is -0.0121. The number of carbonyl (C=O) groups excluding carboxylic acids is 1. The quantitative estimate of drug-likeness (QED) is 0.575. The van der Waals surface area contributed by atoms with Crippen LogP contribution in [-0.2, 0) is 0 Å². The van der Waals surface area contributed by atoms with Gasteiger partial charge in [-0.15, -0.1) is 0 Å². The number of hydrogen-bond donors (Lipinski definition) is 1. The summed E-state index contributed by atoms with van der Waals surface area (Å²) in [6.45, 7) is 0. The molecule has 2 heteroatoms. The van der Waals surface area contributed by atoms with Crippen molar-refractivity contribution < 1.29 is 4.79 Å². The van der Waals surface area contributed by atoms with E-state index in [1.54, 1.807) is 24.3 Å². The maximum atomic E-state index is 12.4. The Hall–Kier alpha value is -2.87. The molecular formula is C19H15NO. The van der Waals surface area contributed by atoms with Crippen molar-refractivity contribution in [1.29, 1.82) is 0 Å². The van der Waals surface area contributed by atoms with Crippen LogP contribution in [0.2, 0.25) is 0 Å². The predicted molar refractivity (Wildman–Crippen MR) is 86.2 cm³/mol. The molecule has 2 N–H and O–H groups in total. The molecule has 0 unspecified atom stereocenters. The molecule has 2 nitrogen and oxygen atoms in total. The molecule has 0 atom stereocenters. The van der Waals surface area contributed by atoms with Crippen molar-refractivity contribution in [3.63, 3.8) is 0 Å². The van der Waals surface area contributed by atoms with E-state index >= 15 is 0 Å². The third kappa shape index (κ3) is 2.84. The minimum atomic E-state index is -0.0121. The highest BCUT2D eigenvalue weighted by Gasteiger charge is 2.09. The van der Waals surface area contributed by atoms with Gasteiger partial charge >= 0.3 is 0 Å². The van der Waals surface area contributed by atoms with E-state index in [1.807, 2.05) is 42.5 Å². The monoisotopic (exact) mass is 273 g/mol. The van der Waals surface area contributed by atoms with E-state index in [0.717, 1.165) is 11.1 Å². The van der Waals surface area contributed by atoms with Crippen molar-refractivity contribution in [3.05, 3.63) is 90.0 Å². The van der Waals surface area contributed by atoms with Crippen molar-refractivity contribution in [3.8, 4) is 11.1 Å².